The Bertz CT molecular complexity index is 300. The van der Waals surface area contributed by atoms with E-state index >= 15 is 0 Å². The van der Waals surface area contributed by atoms with Crippen LogP contribution in [0, 0.1) is 0 Å². The van der Waals surface area contributed by atoms with Gasteiger partial charge in [-0.25, -0.2) is 0 Å². The maximum atomic E-state index is 11.8. The number of Topliss-reactive ketones (excluding diaryl/α,β-unsaturated/α-hetero) is 1. The van der Waals surface area contributed by atoms with E-state index in [1.54, 1.807) is 6.20 Å². The van der Waals surface area contributed by atoms with Crippen molar-refractivity contribution < 1.29 is 9.53 Å². The lowest BCUT2D eigenvalue weighted by molar-refractivity contribution is 0.0918. The van der Waals surface area contributed by atoms with E-state index in [4.69, 9.17) is 4.74 Å². The van der Waals surface area contributed by atoms with Gasteiger partial charge in [0, 0.05) is 25.9 Å². The fourth-order valence-electron chi connectivity index (χ4n) is 1.75. The van der Waals surface area contributed by atoms with Gasteiger partial charge < -0.3 is 9.72 Å². The highest BCUT2D eigenvalue weighted by molar-refractivity contribution is 5.95. The highest BCUT2D eigenvalue weighted by Gasteiger charge is 2.14. The quantitative estimate of drug-likeness (QED) is 0.751. The van der Waals surface area contributed by atoms with Crippen LogP contribution in [0.3, 0.4) is 0 Å². The first-order valence-corrected chi connectivity index (χ1v) is 5.33. The molecule has 0 unspecified atom stereocenters. The molecular formula is C11H16N2O2. The standard InChI is InChI=1S/C11H16N2O2/c14-11(10-3-1-4-12-10)9-13-5-2-7-15-8-6-13/h1,3-4,12H,2,5-9H2. The summed E-state index contributed by atoms with van der Waals surface area (Å²) in [5.74, 6) is 0.155. The second-order valence-electron chi connectivity index (χ2n) is 3.75. The average molecular weight is 208 g/mol. The van der Waals surface area contributed by atoms with Crippen molar-refractivity contribution in [1.29, 1.82) is 0 Å². The molecule has 15 heavy (non-hydrogen) atoms. The third-order valence-corrected chi connectivity index (χ3v) is 2.58. The number of aromatic amines is 1. The van der Waals surface area contributed by atoms with E-state index in [1.165, 1.54) is 0 Å². The minimum Gasteiger partial charge on any atom is -0.380 e. The summed E-state index contributed by atoms with van der Waals surface area (Å²) in [4.78, 5) is 16.9. The minimum absolute atomic E-state index is 0.155. The van der Waals surface area contributed by atoms with Crippen LogP contribution < -0.4 is 0 Å². The molecule has 4 nitrogen and oxygen atoms in total. The predicted octanol–water partition coefficient (Wildman–Crippen LogP) is 0.920. The Kier molecular flexibility index (Phi) is 3.53. The molecule has 4 heteroatoms. The maximum absolute atomic E-state index is 11.8. The Hall–Kier alpha value is -1.13. The Balaban J connectivity index is 1.87. The van der Waals surface area contributed by atoms with E-state index in [9.17, 15) is 4.79 Å². The second kappa shape index (κ2) is 5.09. The van der Waals surface area contributed by atoms with Crippen LogP contribution in [0.5, 0.6) is 0 Å². The second-order valence-corrected chi connectivity index (χ2v) is 3.75. The number of hydrogen-bond donors (Lipinski definition) is 1. The Labute approximate surface area is 89.2 Å². The highest BCUT2D eigenvalue weighted by Crippen LogP contribution is 2.02. The summed E-state index contributed by atoms with van der Waals surface area (Å²) >= 11 is 0. The molecular weight excluding hydrogens is 192 g/mol. The molecule has 2 rings (SSSR count). The third-order valence-electron chi connectivity index (χ3n) is 2.58. The summed E-state index contributed by atoms with van der Waals surface area (Å²) in [5.41, 5.74) is 0.695. The zero-order valence-corrected chi connectivity index (χ0v) is 8.74. The van der Waals surface area contributed by atoms with Gasteiger partial charge >= 0.3 is 0 Å². The first-order valence-electron chi connectivity index (χ1n) is 5.33. The van der Waals surface area contributed by atoms with Crippen molar-refractivity contribution in [3.8, 4) is 0 Å². The van der Waals surface area contributed by atoms with Gasteiger partial charge in [-0.15, -0.1) is 0 Å². The van der Waals surface area contributed by atoms with E-state index in [1.807, 2.05) is 12.1 Å². The zero-order chi connectivity index (χ0) is 10.5. The lowest BCUT2D eigenvalue weighted by Crippen LogP contribution is -2.32. The molecule has 0 amide bonds. The minimum atomic E-state index is 0.155. The summed E-state index contributed by atoms with van der Waals surface area (Å²) in [6.45, 7) is 3.84. The van der Waals surface area contributed by atoms with Crippen molar-refractivity contribution in [3.63, 3.8) is 0 Å². The van der Waals surface area contributed by atoms with Crippen molar-refractivity contribution in [2.24, 2.45) is 0 Å². The van der Waals surface area contributed by atoms with Crippen LogP contribution in [0.25, 0.3) is 0 Å². The molecule has 1 fully saturated rings. The number of nitrogens with zero attached hydrogens (tertiary/aromatic N) is 1. The number of ketones is 1. The molecule has 2 heterocycles. The predicted molar refractivity (Wildman–Crippen MR) is 57.0 cm³/mol. The number of carbonyl (C=O) groups is 1. The van der Waals surface area contributed by atoms with Crippen LogP contribution in [0.2, 0.25) is 0 Å². The molecule has 0 aliphatic carbocycles. The molecule has 0 bridgehead atoms. The molecule has 0 spiro atoms. The number of hydrogen-bond acceptors (Lipinski definition) is 3. The zero-order valence-electron chi connectivity index (χ0n) is 8.74. The lowest BCUT2D eigenvalue weighted by atomic mass is 10.2. The Morgan fingerprint density at radius 1 is 1.47 bits per heavy atom. The van der Waals surface area contributed by atoms with Crippen molar-refractivity contribution in [1.82, 2.24) is 9.88 Å². The van der Waals surface area contributed by atoms with Gasteiger partial charge in [0.2, 0.25) is 0 Å². The van der Waals surface area contributed by atoms with Crippen molar-refractivity contribution in [2.45, 2.75) is 6.42 Å². The molecule has 1 saturated heterocycles. The van der Waals surface area contributed by atoms with Crippen LogP contribution in [-0.2, 0) is 4.74 Å². The van der Waals surface area contributed by atoms with Crippen LogP contribution in [-0.4, -0.2) is 48.5 Å². The van der Waals surface area contributed by atoms with E-state index in [0.717, 1.165) is 32.7 Å². The first kappa shape index (κ1) is 10.4. The van der Waals surface area contributed by atoms with Crippen LogP contribution in [0.15, 0.2) is 18.3 Å². The number of H-pyrrole nitrogens is 1. The number of carbonyl (C=O) groups excluding carboxylic acids is 1. The molecule has 0 aromatic carbocycles. The highest BCUT2D eigenvalue weighted by atomic mass is 16.5. The number of aromatic nitrogens is 1. The molecule has 1 N–H and O–H groups in total. The van der Waals surface area contributed by atoms with Crippen LogP contribution >= 0.6 is 0 Å². The van der Waals surface area contributed by atoms with Gasteiger partial charge in [-0.1, -0.05) is 0 Å². The molecule has 0 saturated carbocycles. The molecule has 1 aromatic heterocycles. The number of ether oxygens (including phenoxy) is 1. The Morgan fingerprint density at radius 2 is 2.40 bits per heavy atom. The molecule has 1 aliphatic rings. The number of nitrogens with one attached hydrogen (secondary N) is 1. The molecule has 1 aromatic rings. The van der Waals surface area contributed by atoms with Gasteiger partial charge in [-0.2, -0.15) is 0 Å². The van der Waals surface area contributed by atoms with Crippen molar-refractivity contribution >= 4 is 5.78 Å². The third kappa shape index (κ3) is 2.91. The van der Waals surface area contributed by atoms with Gasteiger partial charge in [0.05, 0.1) is 18.8 Å². The molecule has 0 atom stereocenters. The summed E-state index contributed by atoms with van der Waals surface area (Å²) in [6.07, 6.45) is 2.79. The smallest absolute Gasteiger partial charge is 0.192 e. The van der Waals surface area contributed by atoms with Gasteiger partial charge in [0.15, 0.2) is 5.78 Å². The fourth-order valence-corrected chi connectivity index (χ4v) is 1.75. The van der Waals surface area contributed by atoms with E-state index < -0.39 is 0 Å². The molecule has 82 valence electrons. The number of rotatable bonds is 3. The van der Waals surface area contributed by atoms with Gasteiger partial charge in [-0.05, 0) is 18.6 Å². The first-order chi connectivity index (χ1) is 7.36. The van der Waals surface area contributed by atoms with Crippen LogP contribution in [0.1, 0.15) is 16.9 Å². The van der Waals surface area contributed by atoms with Crippen molar-refractivity contribution in [2.75, 3.05) is 32.8 Å². The SMILES string of the molecule is O=C(CN1CCCOCC1)c1ccc[nH]1. The summed E-state index contributed by atoms with van der Waals surface area (Å²) < 4.78 is 5.34. The normalized spacial score (nSPS) is 18.7. The van der Waals surface area contributed by atoms with Gasteiger partial charge in [0.25, 0.3) is 0 Å². The average Bonchev–Trinajstić information content (AvgIpc) is 2.65. The lowest BCUT2D eigenvalue weighted by Gasteiger charge is -2.17. The largest absolute Gasteiger partial charge is 0.380 e. The van der Waals surface area contributed by atoms with E-state index in [0.29, 0.717) is 12.2 Å². The summed E-state index contributed by atoms with van der Waals surface area (Å²) in [7, 11) is 0. The topological polar surface area (TPSA) is 45.3 Å². The molecule has 0 radical (unpaired) electrons. The van der Waals surface area contributed by atoms with E-state index in [-0.39, 0.29) is 5.78 Å². The van der Waals surface area contributed by atoms with Crippen LogP contribution in [0.4, 0.5) is 0 Å². The van der Waals surface area contributed by atoms with Gasteiger partial charge in [-0.3, -0.25) is 9.69 Å². The van der Waals surface area contributed by atoms with Gasteiger partial charge in [0.1, 0.15) is 0 Å². The fraction of sp³-hybridized carbons (Fsp3) is 0.545. The van der Waals surface area contributed by atoms with Crippen molar-refractivity contribution in [3.05, 3.63) is 24.0 Å². The molecule has 1 aliphatic heterocycles. The maximum Gasteiger partial charge on any atom is 0.192 e. The summed E-state index contributed by atoms with van der Waals surface area (Å²) in [6, 6.07) is 3.66. The monoisotopic (exact) mass is 208 g/mol. The van der Waals surface area contributed by atoms with E-state index in [2.05, 4.69) is 9.88 Å². The Morgan fingerprint density at radius 3 is 3.20 bits per heavy atom. The summed E-state index contributed by atoms with van der Waals surface area (Å²) in [5, 5.41) is 0.